The fourth-order valence-corrected chi connectivity index (χ4v) is 13.1. The van der Waals surface area contributed by atoms with E-state index in [1.807, 2.05) is 6.92 Å². The van der Waals surface area contributed by atoms with Gasteiger partial charge in [-0.2, -0.15) is 9.37 Å². The van der Waals surface area contributed by atoms with Gasteiger partial charge in [-0.15, -0.1) is 0 Å². The molecule has 2 saturated heterocycles. The molecule has 2 aromatic heterocycles. The molecule has 2 aliphatic carbocycles. The number of nitrogens with zero attached hydrogens (tertiary/aromatic N) is 3. The Hall–Kier alpha value is -5.59. The minimum Gasteiger partial charge on any atom is -0.629 e. The first-order valence-corrected chi connectivity index (χ1v) is 26.3. The van der Waals surface area contributed by atoms with Gasteiger partial charge in [0.1, 0.15) is 27.8 Å². The van der Waals surface area contributed by atoms with E-state index in [1.165, 1.54) is 49.6 Å². The highest BCUT2D eigenvalue weighted by atomic mass is 32.2. The number of H-pyrrole nitrogens is 1. The number of hydrogen-bond acceptors (Lipinski definition) is 11. The van der Waals surface area contributed by atoms with Crippen molar-refractivity contribution in [3.63, 3.8) is 0 Å². The molecule has 70 heavy (non-hydrogen) atoms. The molecule has 3 atom stereocenters. The smallest absolute Gasteiger partial charge is 0.268 e. The topological polar surface area (TPSA) is 179 Å². The Balaban J connectivity index is 0.898. The number of pyridine rings is 1. The first-order chi connectivity index (χ1) is 33.5. The molecule has 3 aromatic carbocycles. The zero-order valence-electron chi connectivity index (χ0n) is 40.3. The van der Waals surface area contributed by atoms with Gasteiger partial charge in [-0.05, 0) is 111 Å². The number of carbonyl (C=O) groups is 1. The van der Waals surface area contributed by atoms with Gasteiger partial charge in [-0.3, -0.25) is 9.69 Å². The predicted molar refractivity (Wildman–Crippen MR) is 267 cm³/mol. The van der Waals surface area contributed by atoms with E-state index in [-0.39, 0.29) is 49.3 Å². The van der Waals surface area contributed by atoms with E-state index >= 15 is 4.39 Å². The van der Waals surface area contributed by atoms with E-state index in [1.54, 1.807) is 24.4 Å². The minimum atomic E-state index is -4.67. The Kier molecular flexibility index (Phi) is 13.0. The Morgan fingerprint density at radius 2 is 1.77 bits per heavy atom. The number of rotatable bonds is 13. The molecule has 0 bridgehead atoms. The maximum Gasteiger partial charge on any atom is 0.268 e. The number of fused-ring (bicyclic) bond motifs is 2. The number of benzene rings is 3. The number of aromatic amines is 1. The molecule has 2 saturated carbocycles. The Morgan fingerprint density at radius 1 is 1.01 bits per heavy atom. The number of aromatic nitrogens is 2. The van der Waals surface area contributed by atoms with Crippen LogP contribution in [0.15, 0.2) is 65.7 Å². The van der Waals surface area contributed by atoms with Crippen molar-refractivity contribution in [2.45, 2.75) is 107 Å². The van der Waals surface area contributed by atoms with E-state index in [4.69, 9.17) is 4.74 Å². The molecule has 5 aromatic rings. The number of sulfonamides is 1. The molecule has 3 aliphatic heterocycles. The second-order valence-electron chi connectivity index (χ2n) is 21.1. The third-order valence-electron chi connectivity index (χ3n) is 15.9. The quantitative estimate of drug-likeness (QED) is 0.0582. The van der Waals surface area contributed by atoms with E-state index in [9.17, 15) is 27.9 Å². The van der Waals surface area contributed by atoms with Crippen LogP contribution in [0.1, 0.15) is 112 Å². The van der Waals surface area contributed by atoms with Crippen LogP contribution in [0.3, 0.4) is 0 Å². The van der Waals surface area contributed by atoms with E-state index in [0.717, 1.165) is 64.1 Å². The van der Waals surface area contributed by atoms with E-state index < -0.39 is 39.0 Å². The third kappa shape index (κ3) is 9.38. The van der Waals surface area contributed by atoms with Crippen molar-refractivity contribution < 1.29 is 36.9 Å². The highest BCUT2D eigenvalue weighted by Crippen LogP contribution is 2.49. The number of nitrogens with one attached hydrogen (secondary N) is 5. The number of anilines is 2. The summed E-state index contributed by atoms with van der Waals surface area (Å²) in [4.78, 5) is 25.4. The van der Waals surface area contributed by atoms with Crippen LogP contribution in [0.4, 0.5) is 25.8 Å². The van der Waals surface area contributed by atoms with Crippen LogP contribution in [0.25, 0.3) is 23.3 Å². The number of halogens is 2. The highest BCUT2D eigenvalue weighted by Gasteiger charge is 2.49. The molecular formula is C53H64F2N8O6S. The second kappa shape index (κ2) is 18.9. The highest BCUT2D eigenvalue weighted by molar-refractivity contribution is 7.90. The van der Waals surface area contributed by atoms with Crippen molar-refractivity contribution >= 4 is 56.3 Å². The monoisotopic (exact) mass is 978 g/mol. The van der Waals surface area contributed by atoms with Gasteiger partial charge < -0.3 is 40.6 Å². The first kappa shape index (κ1) is 48.1. The van der Waals surface area contributed by atoms with Crippen molar-refractivity contribution in [3.8, 4) is 11.5 Å². The van der Waals surface area contributed by atoms with Crippen LogP contribution in [-0.4, -0.2) is 92.3 Å². The summed E-state index contributed by atoms with van der Waals surface area (Å²) in [6, 6.07) is 16.7. The van der Waals surface area contributed by atoms with Crippen LogP contribution in [0.2, 0.25) is 0 Å². The lowest BCUT2D eigenvalue weighted by molar-refractivity contribution is -0.750. The molecule has 1 amide bonds. The number of ether oxygens (including phenoxy) is 1. The molecule has 6 N–H and O–H groups in total. The molecule has 5 heterocycles. The van der Waals surface area contributed by atoms with Gasteiger partial charge in [0.15, 0.2) is 11.4 Å². The van der Waals surface area contributed by atoms with Crippen molar-refractivity contribution in [2.75, 3.05) is 56.5 Å². The number of hydrogen-bond donors (Lipinski definition) is 6. The van der Waals surface area contributed by atoms with Crippen LogP contribution >= 0.6 is 0 Å². The molecule has 4 fully saturated rings. The summed E-state index contributed by atoms with van der Waals surface area (Å²) in [5.74, 6) is -2.13. The number of piperidine rings is 1. The minimum absolute atomic E-state index is 0.0246. The normalized spacial score (nSPS) is 23.8. The molecule has 1 spiro atoms. The lowest BCUT2D eigenvalue weighted by Gasteiger charge is -2.57. The predicted octanol–water partition coefficient (Wildman–Crippen LogP) is 6.23. The number of amides is 1. The van der Waals surface area contributed by atoms with Gasteiger partial charge in [-0.25, -0.2) is 17.5 Å². The molecule has 1 unspecified atom stereocenters. The summed E-state index contributed by atoms with van der Waals surface area (Å²) >= 11 is 0. The molecule has 0 radical (unpaired) electrons. The zero-order chi connectivity index (χ0) is 49.1. The van der Waals surface area contributed by atoms with Crippen molar-refractivity contribution in [2.24, 2.45) is 11.3 Å². The fourth-order valence-electron chi connectivity index (χ4n) is 11.9. The van der Waals surface area contributed by atoms with Gasteiger partial charge >= 0.3 is 0 Å². The van der Waals surface area contributed by atoms with E-state index in [2.05, 4.69) is 73.2 Å². The summed E-state index contributed by atoms with van der Waals surface area (Å²) in [5, 5.41) is 30.6. The fraction of sp³-hybridized carbons (Fsp3) is 0.472. The van der Waals surface area contributed by atoms with Crippen molar-refractivity contribution in [1.82, 2.24) is 24.9 Å². The van der Waals surface area contributed by atoms with Gasteiger partial charge in [0, 0.05) is 86.0 Å². The first-order valence-electron chi connectivity index (χ1n) is 24.9. The Morgan fingerprint density at radius 3 is 2.51 bits per heavy atom. The lowest BCUT2D eigenvalue weighted by atomic mass is 9.70. The molecule has 17 heteroatoms. The van der Waals surface area contributed by atoms with Gasteiger partial charge in [-0.1, -0.05) is 50.6 Å². The van der Waals surface area contributed by atoms with Gasteiger partial charge in [0.2, 0.25) is 0 Å². The van der Waals surface area contributed by atoms with Crippen LogP contribution in [0.5, 0.6) is 11.5 Å². The van der Waals surface area contributed by atoms with Crippen LogP contribution in [-0.2, 0) is 10.0 Å². The summed E-state index contributed by atoms with van der Waals surface area (Å²) in [7, 11) is -3.31. The van der Waals surface area contributed by atoms with Crippen LogP contribution < -0.4 is 40.5 Å². The number of quaternary nitrogens is 1. The summed E-state index contributed by atoms with van der Waals surface area (Å²) < 4.78 is 67.6. The number of likely N-dealkylation sites (tertiary alicyclic amines) is 1. The maximum absolute atomic E-state index is 15.6. The van der Waals surface area contributed by atoms with Crippen molar-refractivity contribution in [3.05, 3.63) is 105 Å². The largest absolute Gasteiger partial charge is 0.629 e. The van der Waals surface area contributed by atoms with E-state index in [0.29, 0.717) is 65.6 Å². The summed E-state index contributed by atoms with van der Waals surface area (Å²) in [5.41, 5.74) is 3.52. The number of hydroxylamine groups is 1. The summed E-state index contributed by atoms with van der Waals surface area (Å²) in [6.07, 6.45) is 12.9. The van der Waals surface area contributed by atoms with Crippen LogP contribution in [0, 0.1) is 28.3 Å². The average Bonchev–Trinajstić information content (AvgIpc) is 3.96. The zero-order valence-corrected chi connectivity index (χ0v) is 41.2. The molecule has 14 nitrogen and oxygen atoms in total. The average molecular weight is 979 g/mol. The lowest BCUT2D eigenvalue weighted by Crippen LogP contribution is -2.98. The number of carbonyl (C=O) groups excluding carboxylic acids is 1. The third-order valence-corrected chi connectivity index (χ3v) is 17.3. The maximum atomic E-state index is 15.6. The number of aliphatic hydroxyl groups is 1. The second-order valence-corrected chi connectivity index (χ2v) is 22.7. The van der Waals surface area contributed by atoms with Crippen molar-refractivity contribution in [1.29, 1.82) is 0 Å². The molecule has 10 rings (SSSR count). The SMILES string of the molecule is CC(C)c1ccccc1[C@@H]1CCC[C@@H]1N1CC2(CCN(c3ccc(C(=O)NS(=O)(=O)c4cc([NH+](C)[O-])c(NCC5CCC(C)(O)CC5)c5c4=CCNC=5)c(Oc4cc5c(F)c[nH]c5nc4F)c3)CC2)C1. The standard InChI is InChI=1S/C53H64F2N8O6S/c1-32(2)35-8-5-6-9-36(35)37-10-7-11-43(37)63-30-53(31-63)19-22-62(23-20-53)34-12-13-39(45(24-34)69-46-25-40-42(54)29-58-50(40)59-49(46)55)51(64)60-70(67,68)47-26-44(61(4)66)48(41-28-56-21-16-38(41)47)57-27-33-14-17-52(3,65)18-15-33/h5-6,8-9,12-13,16,24-26,28-29,32-33,37,43,56-57,61,65H,7,10-11,14-15,17-23,27,30-31H2,1-4H3,(H,58,59)(H,60,64)/t33?,37-,43-,52?/m0/s1. The van der Waals surface area contributed by atoms with Gasteiger partial charge in [0.25, 0.3) is 21.9 Å². The molecular weight excluding hydrogens is 915 g/mol. The Bertz CT molecular complexity index is 3040. The Labute approximate surface area is 407 Å². The van der Waals surface area contributed by atoms with Gasteiger partial charge in [0.05, 0.1) is 23.6 Å². The molecule has 372 valence electrons. The molecule has 5 aliphatic rings. The summed E-state index contributed by atoms with van der Waals surface area (Å²) in [6.45, 7) is 10.8.